The van der Waals surface area contributed by atoms with Gasteiger partial charge in [0.15, 0.2) is 5.78 Å². The largest absolute Gasteiger partial charge is 0.375 e. The molecule has 80 valence electrons. The van der Waals surface area contributed by atoms with Crippen LogP contribution in [0.5, 0.6) is 0 Å². The Hall–Kier alpha value is -0.960. The fraction of sp³-hybridized carbons (Fsp3) is 0.636. The van der Waals surface area contributed by atoms with E-state index in [1.807, 2.05) is 13.8 Å². The average Bonchev–Trinajstić information content (AvgIpc) is 2.08. The summed E-state index contributed by atoms with van der Waals surface area (Å²) < 4.78 is 5.21. The number of hydrogen-bond acceptors (Lipinski definition) is 3. The number of allylic oxidation sites excluding steroid dienone is 1. The van der Waals surface area contributed by atoms with E-state index in [-0.39, 0.29) is 17.7 Å². The van der Waals surface area contributed by atoms with E-state index in [1.54, 1.807) is 6.08 Å². The molecule has 0 heterocycles. The summed E-state index contributed by atoms with van der Waals surface area (Å²) >= 11 is 0. The molecule has 0 amide bonds. The van der Waals surface area contributed by atoms with Crippen molar-refractivity contribution in [1.29, 1.82) is 0 Å². The zero-order valence-corrected chi connectivity index (χ0v) is 9.08. The third-order valence-corrected chi connectivity index (χ3v) is 1.55. The van der Waals surface area contributed by atoms with Gasteiger partial charge in [0.05, 0.1) is 12.7 Å². The molecule has 0 aliphatic carbocycles. The van der Waals surface area contributed by atoms with Crippen molar-refractivity contribution in [2.45, 2.75) is 39.7 Å². The molecule has 0 spiro atoms. The fourth-order valence-electron chi connectivity index (χ4n) is 0.810. The molecule has 0 rings (SSSR count). The predicted molar refractivity (Wildman–Crippen MR) is 55.2 cm³/mol. The smallest absolute Gasteiger partial charge is 0.155 e. The first-order valence-corrected chi connectivity index (χ1v) is 4.82. The lowest BCUT2D eigenvalue weighted by Crippen LogP contribution is -2.02. The lowest BCUT2D eigenvalue weighted by molar-refractivity contribution is -0.120. The molecule has 14 heavy (non-hydrogen) atoms. The van der Waals surface area contributed by atoms with Crippen molar-refractivity contribution < 1.29 is 14.3 Å². The number of rotatable bonds is 7. The lowest BCUT2D eigenvalue weighted by atomic mass is 10.1. The topological polar surface area (TPSA) is 43.4 Å². The molecule has 0 bridgehead atoms. The van der Waals surface area contributed by atoms with Gasteiger partial charge >= 0.3 is 0 Å². The molecule has 0 saturated carbocycles. The molecule has 0 aromatic rings. The average molecular weight is 198 g/mol. The van der Waals surface area contributed by atoms with Gasteiger partial charge in [0.1, 0.15) is 5.78 Å². The normalized spacial score (nSPS) is 11.1. The number of Topliss-reactive ketones (excluding diaryl/α,β-unsaturated/α-hetero) is 1. The van der Waals surface area contributed by atoms with E-state index in [9.17, 15) is 9.59 Å². The minimum absolute atomic E-state index is 0.0208. The van der Waals surface area contributed by atoms with Gasteiger partial charge in [0, 0.05) is 12.8 Å². The van der Waals surface area contributed by atoms with E-state index in [0.29, 0.717) is 19.4 Å². The molecule has 0 radical (unpaired) electrons. The molecule has 3 heteroatoms. The van der Waals surface area contributed by atoms with Crippen LogP contribution in [-0.2, 0) is 14.3 Å². The summed E-state index contributed by atoms with van der Waals surface area (Å²) in [5, 5.41) is 0. The molecule has 0 aliphatic rings. The molecule has 0 atom stereocenters. The van der Waals surface area contributed by atoms with Gasteiger partial charge in [-0.25, -0.2) is 0 Å². The first-order chi connectivity index (χ1) is 6.52. The van der Waals surface area contributed by atoms with Crippen LogP contribution in [0, 0.1) is 0 Å². The molecule has 0 unspecified atom stereocenters. The third kappa shape index (κ3) is 9.13. The minimum Gasteiger partial charge on any atom is -0.375 e. The Morgan fingerprint density at radius 2 is 1.93 bits per heavy atom. The maximum absolute atomic E-state index is 11.1. The quantitative estimate of drug-likeness (QED) is 0.587. The molecule has 0 aromatic carbocycles. The highest BCUT2D eigenvalue weighted by molar-refractivity contribution is 5.92. The molecular weight excluding hydrogens is 180 g/mol. The summed E-state index contributed by atoms with van der Waals surface area (Å²) in [5.41, 5.74) is 0. The second-order valence-corrected chi connectivity index (χ2v) is 3.45. The Morgan fingerprint density at radius 3 is 2.43 bits per heavy atom. The zero-order chi connectivity index (χ0) is 11.0. The van der Waals surface area contributed by atoms with Crippen LogP contribution in [0.2, 0.25) is 0 Å². The van der Waals surface area contributed by atoms with Crippen molar-refractivity contribution in [3.63, 3.8) is 0 Å². The maximum atomic E-state index is 11.1. The highest BCUT2D eigenvalue weighted by Gasteiger charge is 1.99. The summed E-state index contributed by atoms with van der Waals surface area (Å²) in [5.74, 6) is 0.0257. The standard InChI is InChI=1S/C11H18O3/c1-9(2)14-8-4-5-11(13)7-6-10(3)12/h4-5,9H,6-8H2,1-3H3. The molecule has 0 saturated heterocycles. The van der Waals surface area contributed by atoms with Crippen molar-refractivity contribution in [3.05, 3.63) is 12.2 Å². The van der Waals surface area contributed by atoms with Crippen molar-refractivity contribution in [2.75, 3.05) is 6.61 Å². The molecular formula is C11H18O3. The number of ketones is 2. The van der Waals surface area contributed by atoms with E-state index in [0.717, 1.165) is 0 Å². The van der Waals surface area contributed by atoms with Crippen LogP contribution in [0.4, 0.5) is 0 Å². The predicted octanol–water partition coefficient (Wildman–Crippen LogP) is 1.91. The van der Waals surface area contributed by atoms with Gasteiger partial charge in [-0.05, 0) is 26.8 Å². The minimum atomic E-state index is -0.0208. The van der Waals surface area contributed by atoms with Gasteiger partial charge < -0.3 is 9.53 Å². The highest BCUT2D eigenvalue weighted by Crippen LogP contribution is 1.94. The zero-order valence-electron chi connectivity index (χ0n) is 9.08. The molecule has 3 nitrogen and oxygen atoms in total. The van der Waals surface area contributed by atoms with Crippen molar-refractivity contribution in [3.8, 4) is 0 Å². The summed E-state index contributed by atoms with van der Waals surface area (Å²) in [6.45, 7) is 5.80. The van der Waals surface area contributed by atoms with Gasteiger partial charge in [-0.1, -0.05) is 6.08 Å². The summed E-state index contributed by atoms with van der Waals surface area (Å²) in [4.78, 5) is 21.7. The van der Waals surface area contributed by atoms with E-state index < -0.39 is 0 Å². The maximum Gasteiger partial charge on any atom is 0.155 e. The van der Waals surface area contributed by atoms with E-state index in [4.69, 9.17) is 4.74 Å². The molecule has 0 aliphatic heterocycles. The first-order valence-electron chi connectivity index (χ1n) is 4.82. The van der Waals surface area contributed by atoms with Crippen LogP contribution in [0.3, 0.4) is 0 Å². The number of ether oxygens (including phenoxy) is 1. The summed E-state index contributed by atoms with van der Waals surface area (Å²) in [6.07, 6.45) is 3.96. The van der Waals surface area contributed by atoms with E-state index in [1.165, 1.54) is 13.0 Å². The Balaban J connectivity index is 3.56. The van der Waals surface area contributed by atoms with Gasteiger partial charge in [0.25, 0.3) is 0 Å². The van der Waals surface area contributed by atoms with E-state index >= 15 is 0 Å². The summed E-state index contributed by atoms with van der Waals surface area (Å²) in [6, 6.07) is 0. The van der Waals surface area contributed by atoms with Crippen LogP contribution >= 0.6 is 0 Å². The van der Waals surface area contributed by atoms with Gasteiger partial charge in [0.2, 0.25) is 0 Å². The van der Waals surface area contributed by atoms with Gasteiger partial charge in [-0.3, -0.25) is 4.79 Å². The van der Waals surface area contributed by atoms with Crippen molar-refractivity contribution in [1.82, 2.24) is 0 Å². The van der Waals surface area contributed by atoms with Crippen LogP contribution < -0.4 is 0 Å². The fourth-order valence-corrected chi connectivity index (χ4v) is 0.810. The van der Waals surface area contributed by atoms with Crippen LogP contribution in [0.25, 0.3) is 0 Å². The third-order valence-electron chi connectivity index (χ3n) is 1.55. The van der Waals surface area contributed by atoms with Crippen molar-refractivity contribution >= 4 is 11.6 Å². The molecule has 0 aromatic heterocycles. The van der Waals surface area contributed by atoms with Crippen LogP contribution in [-0.4, -0.2) is 24.3 Å². The second-order valence-electron chi connectivity index (χ2n) is 3.45. The second kappa shape index (κ2) is 7.44. The van der Waals surface area contributed by atoms with E-state index in [2.05, 4.69) is 0 Å². The molecule has 0 N–H and O–H groups in total. The Bertz CT molecular complexity index is 217. The Morgan fingerprint density at radius 1 is 1.29 bits per heavy atom. The highest BCUT2D eigenvalue weighted by atomic mass is 16.5. The van der Waals surface area contributed by atoms with Gasteiger partial charge in [-0.2, -0.15) is 0 Å². The summed E-state index contributed by atoms with van der Waals surface area (Å²) in [7, 11) is 0. The first kappa shape index (κ1) is 13.0. The van der Waals surface area contributed by atoms with Gasteiger partial charge in [-0.15, -0.1) is 0 Å². The Labute approximate surface area is 85.1 Å². The van der Waals surface area contributed by atoms with Crippen molar-refractivity contribution in [2.24, 2.45) is 0 Å². The SMILES string of the molecule is CC(=O)CCC(=O)C=CCOC(C)C. The lowest BCUT2D eigenvalue weighted by Gasteiger charge is -2.02. The van der Waals surface area contributed by atoms with Crippen LogP contribution in [0.15, 0.2) is 12.2 Å². The van der Waals surface area contributed by atoms with Crippen LogP contribution in [0.1, 0.15) is 33.6 Å². The number of carbonyl (C=O) groups excluding carboxylic acids is 2. The molecule has 0 fully saturated rings. The Kier molecular flexibility index (Phi) is 6.93. The number of carbonyl (C=O) groups is 2. The monoisotopic (exact) mass is 198 g/mol. The number of hydrogen-bond donors (Lipinski definition) is 0.